The summed E-state index contributed by atoms with van der Waals surface area (Å²) in [6.07, 6.45) is 0.802. The highest BCUT2D eigenvalue weighted by Gasteiger charge is 2.28. The van der Waals surface area contributed by atoms with Crippen molar-refractivity contribution in [2.45, 2.75) is 32.6 Å². The van der Waals surface area contributed by atoms with Gasteiger partial charge in [-0.05, 0) is 22.3 Å². The van der Waals surface area contributed by atoms with E-state index in [0.29, 0.717) is 25.3 Å². The van der Waals surface area contributed by atoms with Crippen molar-refractivity contribution in [3.63, 3.8) is 0 Å². The highest BCUT2D eigenvalue weighted by molar-refractivity contribution is 5.94. The molecule has 1 amide bonds. The molecule has 4 aromatic rings. The molecule has 6 nitrogen and oxygen atoms in total. The molecule has 178 valence electrons. The van der Waals surface area contributed by atoms with Gasteiger partial charge in [-0.1, -0.05) is 84.9 Å². The average Bonchev–Trinajstić information content (AvgIpc) is 3.27. The molecule has 0 bridgehead atoms. The summed E-state index contributed by atoms with van der Waals surface area (Å²) in [5.41, 5.74) is 7.20. The Kier molecular flexibility index (Phi) is 7.02. The summed E-state index contributed by atoms with van der Waals surface area (Å²) in [7, 11) is 0. The Morgan fingerprint density at radius 2 is 1.57 bits per heavy atom. The molecular weight excluding hydrogens is 436 g/mol. The Bertz CT molecular complexity index is 1270. The van der Waals surface area contributed by atoms with Gasteiger partial charge < -0.3 is 10.4 Å². The predicted octanol–water partition coefficient (Wildman–Crippen LogP) is 4.03. The Balaban J connectivity index is 1.30. The van der Waals surface area contributed by atoms with Crippen molar-refractivity contribution in [1.29, 1.82) is 0 Å². The molecule has 1 aliphatic heterocycles. The number of benzene rings is 3. The van der Waals surface area contributed by atoms with E-state index in [9.17, 15) is 9.90 Å². The standard InChI is InChI=1S/C29H30N4O2/c34-18-17-33-27-15-16-32(20-23-11-13-25(14-12-23)24-9-5-2-6-10-24)21-26(27)28(31-33)29(35)30-19-22-7-3-1-4-8-22/h1-14,34H,15-21H2,(H,30,35). The van der Waals surface area contributed by atoms with Crippen LogP contribution in [-0.2, 0) is 32.6 Å². The minimum Gasteiger partial charge on any atom is -0.394 e. The number of hydrogen-bond acceptors (Lipinski definition) is 4. The maximum absolute atomic E-state index is 13.1. The third kappa shape index (κ3) is 5.34. The Morgan fingerprint density at radius 3 is 2.29 bits per heavy atom. The van der Waals surface area contributed by atoms with Crippen LogP contribution in [0.1, 0.15) is 32.9 Å². The molecule has 0 unspecified atom stereocenters. The number of aliphatic hydroxyl groups is 1. The zero-order valence-electron chi connectivity index (χ0n) is 19.7. The highest BCUT2D eigenvalue weighted by atomic mass is 16.3. The van der Waals surface area contributed by atoms with Crippen molar-refractivity contribution < 1.29 is 9.90 Å². The van der Waals surface area contributed by atoms with Crippen molar-refractivity contribution >= 4 is 5.91 Å². The molecule has 3 aromatic carbocycles. The van der Waals surface area contributed by atoms with E-state index in [1.165, 1.54) is 16.7 Å². The molecule has 5 rings (SSSR count). The lowest BCUT2D eigenvalue weighted by Crippen LogP contribution is -2.32. The number of aliphatic hydroxyl groups excluding tert-OH is 1. The van der Waals surface area contributed by atoms with Crippen LogP contribution in [0.15, 0.2) is 84.9 Å². The Morgan fingerprint density at radius 1 is 0.886 bits per heavy atom. The van der Waals surface area contributed by atoms with E-state index < -0.39 is 0 Å². The first kappa shape index (κ1) is 23.0. The number of amides is 1. The molecule has 1 aromatic heterocycles. The van der Waals surface area contributed by atoms with Crippen LogP contribution in [-0.4, -0.2) is 38.8 Å². The van der Waals surface area contributed by atoms with Crippen molar-refractivity contribution in [3.05, 3.63) is 113 Å². The lowest BCUT2D eigenvalue weighted by Gasteiger charge is -2.27. The summed E-state index contributed by atoms with van der Waals surface area (Å²) in [4.78, 5) is 15.4. The van der Waals surface area contributed by atoms with E-state index >= 15 is 0 Å². The van der Waals surface area contributed by atoms with E-state index in [1.54, 1.807) is 4.68 Å². The molecule has 0 radical (unpaired) electrons. The number of hydrogen-bond donors (Lipinski definition) is 2. The second-order valence-electron chi connectivity index (χ2n) is 8.91. The number of nitrogens with zero attached hydrogens (tertiary/aromatic N) is 3. The summed E-state index contributed by atoms with van der Waals surface area (Å²) in [5, 5.41) is 17.1. The van der Waals surface area contributed by atoms with Crippen LogP contribution >= 0.6 is 0 Å². The van der Waals surface area contributed by atoms with Crippen molar-refractivity contribution in [2.24, 2.45) is 0 Å². The summed E-state index contributed by atoms with van der Waals surface area (Å²) >= 11 is 0. The molecule has 2 N–H and O–H groups in total. The molecule has 2 heterocycles. The van der Waals surface area contributed by atoms with Gasteiger partial charge in [-0.2, -0.15) is 5.10 Å². The van der Waals surface area contributed by atoms with Crippen LogP contribution in [0.3, 0.4) is 0 Å². The maximum Gasteiger partial charge on any atom is 0.272 e. The third-order valence-corrected chi connectivity index (χ3v) is 6.50. The molecule has 0 fully saturated rings. The van der Waals surface area contributed by atoms with Gasteiger partial charge in [-0.3, -0.25) is 14.4 Å². The van der Waals surface area contributed by atoms with Crippen LogP contribution < -0.4 is 5.32 Å². The Labute approximate surface area is 205 Å². The second kappa shape index (κ2) is 10.7. The average molecular weight is 467 g/mol. The molecule has 35 heavy (non-hydrogen) atoms. The predicted molar refractivity (Wildman–Crippen MR) is 137 cm³/mol. The molecular formula is C29H30N4O2. The smallest absolute Gasteiger partial charge is 0.272 e. The van der Waals surface area contributed by atoms with Crippen LogP contribution in [0.2, 0.25) is 0 Å². The summed E-state index contributed by atoms with van der Waals surface area (Å²) in [6, 6.07) is 28.9. The minimum atomic E-state index is -0.171. The number of fused-ring (bicyclic) bond motifs is 1. The molecule has 1 aliphatic rings. The van der Waals surface area contributed by atoms with E-state index in [-0.39, 0.29) is 12.5 Å². The van der Waals surface area contributed by atoms with E-state index in [0.717, 1.165) is 36.3 Å². The largest absolute Gasteiger partial charge is 0.394 e. The van der Waals surface area contributed by atoms with Gasteiger partial charge in [0.25, 0.3) is 5.91 Å². The number of rotatable bonds is 8. The molecule has 6 heteroatoms. The first-order chi connectivity index (χ1) is 17.2. The van der Waals surface area contributed by atoms with Crippen LogP contribution in [0.25, 0.3) is 11.1 Å². The zero-order valence-corrected chi connectivity index (χ0v) is 19.7. The Hall–Kier alpha value is -3.74. The molecule has 0 spiro atoms. The first-order valence-corrected chi connectivity index (χ1v) is 12.1. The quantitative estimate of drug-likeness (QED) is 0.411. The van der Waals surface area contributed by atoms with Crippen LogP contribution in [0.4, 0.5) is 0 Å². The fourth-order valence-electron chi connectivity index (χ4n) is 4.70. The fourth-order valence-corrected chi connectivity index (χ4v) is 4.70. The van der Waals surface area contributed by atoms with Gasteiger partial charge in [0.2, 0.25) is 0 Å². The fraction of sp³-hybridized carbons (Fsp3) is 0.241. The highest BCUT2D eigenvalue weighted by Crippen LogP contribution is 2.25. The first-order valence-electron chi connectivity index (χ1n) is 12.1. The molecule has 0 saturated carbocycles. The van der Waals surface area contributed by atoms with Crippen molar-refractivity contribution in [3.8, 4) is 11.1 Å². The van der Waals surface area contributed by atoms with Gasteiger partial charge in [0.15, 0.2) is 5.69 Å². The van der Waals surface area contributed by atoms with Gasteiger partial charge in [-0.15, -0.1) is 0 Å². The normalized spacial score (nSPS) is 13.4. The van der Waals surface area contributed by atoms with Gasteiger partial charge in [-0.25, -0.2) is 0 Å². The number of carbonyl (C=O) groups is 1. The monoisotopic (exact) mass is 466 g/mol. The lowest BCUT2D eigenvalue weighted by molar-refractivity contribution is 0.0942. The van der Waals surface area contributed by atoms with Crippen LogP contribution in [0, 0.1) is 0 Å². The summed E-state index contributed by atoms with van der Waals surface area (Å²) in [6.45, 7) is 3.21. The lowest BCUT2D eigenvalue weighted by atomic mass is 10.0. The second-order valence-corrected chi connectivity index (χ2v) is 8.91. The van der Waals surface area contributed by atoms with Gasteiger partial charge >= 0.3 is 0 Å². The maximum atomic E-state index is 13.1. The number of nitrogens with one attached hydrogen (secondary N) is 1. The minimum absolute atomic E-state index is 0.00330. The third-order valence-electron chi connectivity index (χ3n) is 6.50. The zero-order chi connectivity index (χ0) is 24.0. The van der Waals surface area contributed by atoms with Crippen LogP contribution in [0.5, 0.6) is 0 Å². The van der Waals surface area contributed by atoms with Gasteiger partial charge in [0.1, 0.15) is 0 Å². The SMILES string of the molecule is O=C(NCc1ccccc1)c1nn(CCO)c2c1CN(Cc1ccc(-c3ccccc3)cc1)CC2. The van der Waals surface area contributed by atoms with E-state index in [2.05, 4.69) is 63.8 Å². The summed E-state index contributed by atoms with van der Waals surface area (Å²) in [5.74, 6) is -0.171. The van der Waals surface area contributed by atoms with Gasteiger partial charge in [0.05, 0.1) is 13.2 Å². The molecule has 0 atom stereocenters. The van der Waals surface area contributed by atoms with Gasteiger partial charge in [0, 0.05) is 43.9 Å². The number of carbonyl (C=O) groups excluding carboxylic acids is 1. The van der Waals surface area contributed by atoms with Crippen molar-refractivity contribution in [1.82, 2.24) is 20.0 Å². The van der Waals surface area contributed by atoms with E-state index in [1.807, 2.05) is 36.4 Å². The van der Waals surface area contributed by atoms with Crippen molar-refractivity contribution in [2.75, 3.05) is 13.2 Å². The summed E-state index contributed by atoms with van der Waals surface area (Å²) < 4.78 is 1.80. The van der Waals surface area contributed by atoms with E-state index in [4.69, 9.17) is 0 Å². The number of aromatic nitrogens is 2. The topological polar surface area (TPSA) is 70.4 Å². The molecule has 0 saturated heterocycles. The molecule has 0 aliphatic carbocycles.